The zero-order chi connectivity index (χ0) is 14.7. The minimum atomic E-state index is -0.686. The second-order valence-corrected chi connectivity index (χ2v) is 4.63. The van der Waals surface area contributed by atoms with Gasteiger partial charge in [0.1, 0.15) is 4.92 Å². The summed E-state index contributed by atoms with van der Waals surface area (Å²) in [4.78, 5) is 21.6. The lowest BCUT2D eigenvalue weighted by Crippen LogP contribution is -2.10. The molecule has 0 atom stereocenters. The fourth-order valence-corrected chi connectivity index (χ4v) is 1.69. The minimum Gasteiger partial charge on any atom is -0.395 e. The number of nitrogens with zero attached hydrogens (tertiary/aromatic N) is 1. The number of carbonyl (C=O) groups is 1. The van der Waals surface area contributed by atoms with Gasteiger partial charge in [0.2, 0.25) is 0 Å². The molecule has 0 fully saturated rings. The third-order valence-electron chi connectivity index (χ3n) is 2.83. The predicted molar refractivity (Wildman–Crippen MR) is 73.8 cm³/mol. The van der Waals surface area contributed by atoms with Gasteiger partial charge in [-0.25, -0.2) is 0 Å². The number of hydrogen-bond acceptors (Lipinski definition) is 4. The maximum absolute atomic E-state index is 11.8. The molecule has 0 spiro atoms. The molecule has 1 aromatic heterocycles. The smallest absolute Gasteiger partial charge is 0.395 e. The van der Waals surface area contributed by atoms with Crippen molar-refractivity contribution in [3.8, 4) is 0 Å². The van der Waals surface area contributed by atoms with Gasteiger partial charge in [0.25, 0.3) is 5.91 Å². The van der Waals surface area contributed by atoms with Gasteiger partial charge in [0, 0.05) is 5.69 Å². The van der Waals surface area contributed by atoms with Crippen molar-refractivity contribution < 1.29 is 14.1 Å². The molecule has 2 rings (SSSR count). The molecular weight excluding hydrogens is 260 g/mol. The lowest BCUT2D eigenvalue weighted by atomic mass is 10.0. The standard InChI is InChI=1S/C14H14N2O4/c1-9(2)10-3-5-11(6-4-10)15-14(17)12-7-8-13(20-12)16(18)19/h3-9H,1-2H3,(H,15,17). The van der Waals surface area contributed by atoms with E-state index in [1.165, 1.54) is 6.07 Å². The van der Waals surface area contributed by atoms with Crippen molar-refractivity contribution in [2.45, 2.75) is 19.8 Å². The van der Waals surface area contributed by atoms with Gasteiger partial charge in [-0.1, -0.05) is 26.0 Å². The average Bonchev–Trinajstić information content (AvgIpc) is 2.89. The SMILES string of the molecule is CC(C)c1ccc(NC(=O)c2ccc([N+](=O)[O-])o2)cc1. The van der Waals surface area contributed by atoms with Crippen LogP contribution in [0.25, 0.3) is 0 Å². The molecule has 0 saturated carbocycles. The zero-order valence-electron chi connectivity index (χ0n) is 11.1. The topological polar surface area (TPSA) is 85.4 Å². The summed E-state index contributed by atoms with van der Waals surface area (Å²) < 4.78 is 4.83. The van der Waals surface area contributed by atoms with Crippen LogP contribution in [0.5, 0.6) is 0 Å². The Labute approximate surface area is 115 Å². The van der Waals surface area contributed by atoms with E-state index in [4.69, 9.17) is 4.42 Å². The Balaban J connectivity index is 2.08. The Morgan fingerprint density at radius 2 is 1.85 bits per heavy atom. The fraction of sp³-hybridized carbons (Fsp3) is 0.214. The van der Waals surface area contributed by atoms with Crippen LogP contribution < -0.4 is 5.32 Å². The number of amides is 1. The van der Waals surface area contributed by atoms with Crippen LogP contribution in [0.1, 0.15) is 35.9 Å². The van der Waals surface area contributed by atoms with Gasteiger partial charge in [-0.05, 0) is 29.7 Å². The van der Waals surface area contributed by atoms with Gasteiger partial charge < -0.3 is 9.73 Å². The van der Waals surface area contributed by atoms with Crippen molar-refractivity contribution in [2.24, 2.45) is 0 Å². The van der Waals surface area contributed by atoms with Crippen molar-refractivity contribution in [3.63, 3.8) is 0 Å². The summed E-state index contributed by atoms with van der Waals surface area (Å²) in [5.74, 6) is -0.655. The molecule has 0 aliphatic rings. The Hall–Kier alpha value is -2.63. The summed E-state index contributed by atoms with van der Waals surface area (Å²) in [6.45, 7) is 4.16. The molecule has 2 aromatic rings. The molecule has 1 heterocycles. The highest BCUT2D eigenvalue weighted by Crippen LogP contribution is 2.19. The molecule has 1 aromatic carbocycles. The van der Waals surface area contributed by atoms with E-state index in [0.717, 1.165) is 11.6 Å². The van der Waals surface area contributed by atoms with E-state index < -0.39 is 16.7 Å². The second kappa shape index (κ2) is 5.56. The van der Waals surface area contributed by atoms with Gasteiger partial charge in [-0.3, -0.25) is 14.9 Å². The lowest BCUT2D eigenvalue weighted by molar-refractivity contribution is -0.402. The number of furan rings is 1. The number of hydrogen-bond donors (Lipinski definition) is 1. The fourth-order valence-electron chi connectivity index (χ4n) is 1.69. The molecule has 20 heavy (non-hydrogen) atoms. The van der Waals surface area contributed by atoms with Gasteiger partial charge in [-0.15, -0.1) is 0 Å². The number of nitro groups is 1. The number of carbonyl (C=O) groups excluding carboxylic acids is 1. The minimum absolute atomic E-state index is 0.0929. The molecule has 104 valence electrons. The van der Waals surface area contributed by atoms with Crippen LogP contribution in [0.4, 0.5) is 11.6 Å². The van der Waals surface area contributed by atoms with Gasteiger partial charge in [-0.2, -0.15) is 0 Å². The van der Waals surface area contributed by atoms with Crippen LogP contribution in [0.15, 0.2) is 40.8 Å². The van der Waals surface area contributed by atoms with Gasteiger partial charge in [0.05, 0.1) is 6.07 Å². The van der Waals surface area contributed by atoms with Crippen molar-refractivity contribution in [3.05, 3.63) is 57.8 Å². The molecule has 1 N–H and O–H groups in total. The van der Waals surface area contributed by atoms with Crippen molar-refractivity contribution in [2.75, 3.05) is 5.32 Å². The number of anilines is 1. The normalized spacial score (nSPS) is 10.6. The summed E-state index contributed by atoms with van der Waals surface area (Å²) >= 11 is 0. The molecule has 0 bridgehead atoms. The highest BCUT2D eigenvalue weighted by Gasteiger charge is 2.17. The molecule has 0 unspecified atom stereocenters. The van der Waals surface area contributed by atoms with Crippen LogP contribution in [-0.2, 0) is 0 Å². The Kier molecular flexibility index (Phi) is 3.84. The Morgan fingerprint density at radius 3 is 2.35 bits per heavy atom. The van der Waals surface area contributed by atoms with Crippen LogP contribution >= 0.6 is 0 Å². The van der Waals surface area contributed by atoms with E-state index in [2.05, 4.69) is 19.2 Å². The first-order valence-electron chi connectivity index (χ1n) is 6.13. The Bertz CT molecular complexity index is 629. The summed E-state index contributed by atoms with van der Waals surface area (Å²) in [7, 11) is 0. The van der Waals surface area contributed by atoms with Crippen molar-refractivity contribution in [1.82, 2.24) is 0 Å². The molecule has 6 nitrogen and oxygen atoms in total. The van der Waals surface area contributed by atoms with E-state index in [1.807, 2.05) is 12.1 Å². The van der Waals surface area contributed by atoms with Gasteiger partial charge >= 0.3 is 5.88 Å². The maximum atomic E-state index is 11.8. The third kappa shape index (κ3) is 3.03. The molecule has 6 heteroatoms. The Morgan fingerprint density at radius 1 is 1.20 bits per heavy atom. The number of rotatable bonds is 4. The highest BCUT2D eigenvalue weighted by molar-refractivity contribution is 6.02. The van der Waals surface area contributed by atoms with Crippen molar-refractivity contribution >= 4 is 17.5 Å². The molecule has 1 amide bonds. The summed E-state index contributed by atoms with van der Waals surface area (Å²) in [6, 6.07) is 9.83. The van der Waals surface area contributed by atoms with Crippen LogP contribution in [0.2, 0.25) is 0 Å². The first kappa shape index (κ1) is 13.8. The second-order valence-electron chi connectivity index (χ2n) is 4.63. The monoisotopic (exact) mass is 274 g/mol. The maximum Gasteiger partial charge on any atom is 0.433 e. The van der Waals surface area contributed by atoms with E-state index in [9.17, 15) is 14.9 Å². The summed E-state index contributed by atoms with van der Waals surface area (Å²) in [5, 5.41) is 13.1. The summed E-state index contributed by atoms with van der Waals surface area (Å²) in [6.07, 6.45) is 0. The van der Waals surface area contributed by atoms with Gasteiger partial charge in [0.15, 0.2) is 5.76 Å². The predicted octanol–water partition coefficient (Wildman–Crippen LogP) is 3.56. The van der Waals surface area contributed by atoms with E-state index >= 15 is 0 Å². The third-order valence-corrected chi connectivity index (χ3v) is 2.83. The van der Waals surface area contributed by atoms with Crippen LogP contribution in [0.3, 0.4) is 0 Å². The summed E-state index contributed by atoms with van der Waals surface area (Å²) in [5.41, 5.74) is 1.77. The molecular formula is C14H14N2O4. The number of nitrogens with one attached hydrogen (secondary N) is 1. The highest BCUT2D eigenvalue weighted by atomic mass is 16.6. The van der Waals surface area contributed by atoms with Crippen molar-refractivity contribution in [1.29, 1.82) is 0 Å². The molecule has 0 aliphatic heterocycles. The average molecular weight is 274 g/mol. The first-order valence-corrected chi connectivity index (χ1v) is 6.13. The largest absolute Gasteiger partial charge is 0.433 e. The van der Waals surface area contributed by atoms with Crippen LogP contribution in [-0.4, -0.2) is 10.8 Å². The number of benzene rings is 1. The lowest BCUT2D eigenvalue weighted by Gasteiger charge is -2.07. The van der Waals surface area contributed by atoms with E-state index in [-0.39, 0.29) is 5.76 Å². The quantitative estimate of drug-likeness (QED) is 0.682. The molecule has 0 radical (unpaired) electrons. The molecule has 0 aliphatic carbocycles. The van der Waals surface area contributed by atoms with E-state index in [0.29, 0.717) is 11.6 Å². The first-order chi connectivity index (χ1) is 9.47. The van der Waals surface area contributed by atoms with Crippen LogP contribution in [0, 0.1) is 10.1 Å². The zero-order valence-corrected chi connectivity index (χ0v) is 11.1. The molecule has 0 saturated heterocycles. The van der Waals surface area contributed by atoms with E-state index in [1.54, 1.807) is 12.1 Å².